The van der Waals surface area contributed by atoms with Gasteiger partial charge in [0.05, 0.1) is 11.0 Å². The van der Waals surface area contributed by atoms with E-state index in [4.69, 9.17) is 4.42 Å². The van der Waals surface area contributed by atoms with Crippen LogP contribution in [0.1, 0.15) is 30.7 Å². The Morgan fingerprint density at radius 2 is 1.50 bits per heavy atom. The Balaban J connectivity index is 1.30. The van der Waals surface area contributed by atoms with Gasteiger partial charge in [0, 0.05) is 44.1 Å². The molecule has 0 spiro atoms. The highest BCUT2D eigenvalue weighted by Crippen LogP contribution is 2.52. The molecule has 0 atom stereocenters. The van der Waals surface area contributed by atoms with Crippen molar-refractivity contribution in [3.8, 4) is 27.9 Å². The van der Waals surface area contributed by atoms with Gasteiger partial charge in [-0.15, -0.1) is 0 Å². The monoisotopic (exact) mass is 538 g/mol. The first-order valence-corrected chi connectivity index (χ1v) is 14.8. The normalized spacial score (nSPS) is 14.5. The number of nitrogens with zero attached hydrogens (tertiary/aromatic N) is 1. The summed E-state index contributed by atoms with van der Waals surface area (Å²) in [5.41, 5.74) is 18.7. The molecular weight excluding hydrogens is 511 g/mol. The van der Waals surface area contributed by atoms with Gasteiger partial charge in [0.15, 0.2) is 12.9 Å². The maximum Gasteiger partial charge on any atom is 0.198 e. The van der Waals surface area contributed by atoms with E-state index in [0.717, 1.165) is 23.8 Å². The molecule has 8 aromatic rings. The van der Waals surface area contributed by atoms with Crippen LogP contribution in [0.2, 0.25) is 0 Å². The molecule has 4 heterocycles. The van der Waals surface area contributed by atoms with Gasteiger partial charge in [-0.25, -0.2) is 0 Å². The van der Waals surface area contributed by atoms with Crippen LogP contribution in [-0.4, -0.2) is 16.8 Å². The summed E-state index contributed by atoms with van der Waals surface area (Å²) in [5.74, 6) is 0. The van der Waals surface area contributed by atoms with Crippen LogP contribution in [0, 0.1) is 6.92 Å². The summed E-state index contributed by atoms with van der Waals surface area (Å²) in [5, 5.41) is 3.66. The van der Waals surface area contributed by atoms with Crippen molar-refractivity contribution in [3.05, 3.63) is 114 Å². The van der Waals surface area contributed by atoms with Crippen LogP contribution in [0.25, 0.3) is 71.8 Å². The number of nitrogens with one attached hydrogen (secondary N) is 1. The van der Waals surface area contributed by atoms with Gasteiger partial charge in [-0.2, -0.15) is 0 Å². The first-order chi connectivity index (χ1) is 20.5. The van der Waals surface area contributed by atoms with E-state index in [1.54, 1.807) is 0 Å². The van der Waals surface area contributed by atoms with Crippen molar-refractivity contribution >= 4 is 62.1 Å². The number of hydrogen-bond acceptors (Lipinski definition) is 1. The van der Waals surface area contributed by atoms with Crippen molar-refractivity contribution in [1.82, 2.24) is 9.55 Å². The van der Waals surface area contributed by atoms with Crippen molar-refractivity contribution in [2.45, 2.75) is 26.2 Å². The lowest BCUT2D eigenvalue weighted by molar-refractivity contribution is 0.642. The third-order valence-corrected chi connectivity index (χ3v) is 9.98. The number of fused-ring (bicyclic) bond motifs is 12. The predicted octanol–water partition coefficient (Wildman–Crippen LogP) is 7.99. The summed E-state index contributed by atoms with van der Waals surface area (Å²) in [6, 6.07) is 35.6. The van der Waals surface area contributed by atoms with Crippen LogP contribution < -0.4 is 10.9 Å². The Hall–Kier alpha value is -4.96. The lowest BCUT2D eigenvalue weighted by Crippen LogP contribution is -2.37. The lowest BCUT2D eigenvalue weighted by Gasteiger charge is -2.24. The van der Waals surface area contributed by atoms with Crippen LogP contribution >= 0.6 is 0 Å². The number of aromatic nitrogens is 2. The molecule has 0 saturated carbocycles. The van der Waals surface area contributed by atoms with E-state index in [-0.39, 0.29) is 5.41 Å². The summed E-state index contributed by atoms with van der Waals surface area (Å²) in [7, 11) is 0.887. The molecule has 3 nitrogen and oxygen atoms in total. The third kappa shape index (κ3) is 2.60. The topological polar surface area (TPSA) is 33.9 Å². The van der Waals surface area contributed by atoms with Crippen LogP contribution in [-0.2, 0) is 5.41 Å². The number of furan rings is 1. The van der Waals surface area contributed by atoms with Crippen LogP contribution in [0.15, 0.2) is 101 Å². The average molecular weight is 538 g/mol. The number of aryl methyl sites for hydroxylation is 1. The molecule has 0 radical (unpaired) electrons. The number of rotatable bonds is 1. The maximum atomic E-state index is 6.51. The van der Waals surface area contributed by atoms with Crippen LogP contribution in [0.3, 0.4) is 0 Å². The minimum Gasteiger partial charge on any atom is -0.454 e. The van der Waals surface area contributed by atoms with E-state index in [1.807, 2.05) is 0 Å². The van der Waals surface area contributed by atoms with Gasteiger partial charge in [0.1, 0.15) is 11.1 Å². The van der Waals surface area contributed by atoms with E-state index in [9.17, 15) is 0 Å². The molecule has 10 rings (SSSR count). The number of benzene rings is 5. The lowest BCUT2D eigenvalue weighted by atomic mass is 9.59. The SMILES string of the molecule is Cc1cc(-c2cccc3c4c([nH]c23)C(C)(C)c2ccccc2-4)c2c(c1)-n1c3c(cccc3c3oc4ccccc4c31)B2. The molecular formula is C38H27BN2O. The zero-order valence-corrected chi connectivity index (χ0v) is 23.8. The molecule has 1 aliphatic carbocycles. The molecule has 0 amide bonds. The average Bonchev–Trinajstić information content (AvgIpc) is 3.72. The van der Waals surface area contributed by atoms with E-state index >= 15 is 0 Å². The van der Waals surface area contributed by atoms with Gasteiger partial charge in [-0.1, -0.05) is 92.1 Å². The molecule has 0 bridgehead atoms. The van der Waals surface area contributed by atoms with Crippen molar-refractivity contribution in [1.29, 1.82) is 0 Å². The molecule has 0 saturated heterocycles. The van der Waals surface area contributed by atoms with E-state index in [1.165, 1.54) is 83.0 Å². The Morgan fingerprint density at radius 3 is 2.43 bits per heavy atom. The largest absolute Gasteiger partial charge is 0.454 e. The molecule has 4 heteroatoms. The molecule has 1 N–H and O–H groups in total. The van der Waals surface area contributed by atoms with Gasteiger partial charge >= 0.3 is 0 Å². The second kappa shape index (κ2) is 7.46. The molecule has 5 aromatic carbocycles. The minimum atomic E-state index is -0.0715. The highest BCUT2D eigenvalue weighted by molar-refractivity contribution is 6.73. The molecule has 42 heavy (non-hydrogen) atoms. The zero-order chi connectivity index (χ0) is 27.9. The summed E-state index contributed by atoms with van der Waals surface area (Å²) in [4.78, 5) is 3.97. The van der Waals surface area contributed by atoms with Crippen molar-refractivity contribution < 1.29 is 4.42 Å². The molecule has 2 aliphatic rings. The summed E-state index contributed by atoms with van der Waals surface area (Å²) in [6.07, 6.45) is 0. The van der Waals surface area contributed by atoms with Gasteiger partial charge in [0.25, 0.3) is 0 Å². The van der Waals surface area contributed by atoms with Crippen molar-refractivity contribution in [3.63, 3.8) is 0 Å². The van der Waals surface area contributed by atoms with E-state index in [0.29, 0.717) is 0 Å². The number of para-hydroxylation sites is 3. The van der Waals surface area contributed by atoms with Gasteiger partial charge in [-0.3, -0.25) is 0 Å². The maximum absolute atomic E-state index is 6.51. The highest BCUT2D eigenvalue weighted by atomic mass is 16.3. The Morgan fingerprint density at radius 1 is 0.738 bits per heavy atom. The van der Waals surface area contributed by atoms with Crippen molar-refractivity contribution in [2.75, 3.05) is 0 Å². The fourth-order valence-electron chi connectivity index (χ4n) is 8.15. The Labute approximate surface area is 243 Å². The van der Waals surface area contributed by atoms with E-state index in [2.05, 4.69) is 127 Å². The molecule has 0 fully saturated rings. The quantitative estimate of drug-likeness (QED) is 0.211. The third-order valence-electron chi connectivity index (χ3n) is 9.98. The molecule has 198 valence electrons. The fraction of sp³-hybridized carbons (Fsp3) is 0.105. The van der Waals surface area contributed by atoms with Crippen LogP contribution in [0.5, 0.6) is 0 Å². The molecule has 3 aromatic heterocycles. The van der Waals surface area contributed by atoms with Crippen LogP contribution in [0.4, 0.5) is 0 Å². The number of aromatic amines is 1. The second-order valence-electron chi connectivity index (χ2n) is 12.7. The summed E-state index contributed by atoms with van der Waals surface area (Å²) in [6.45, 7) is 6.91. The first-order valence-electron chi connectivity index (χ1n) is 14.8. The van der Waals surface area contributed by atoms with Gasteiger partial charge < -0.3 is 14.0 Å². The van der Waals surface area contributed by atoms with Gasteiger partial charge in [-0.05, 0) is 58.9 Å². The fourth-order valence-corrected chi connectivity index (χ4v) is 8.15. The highest BCUT2D eigenvalue weighted by Gasteiger charge is 2.38. The first kappa shape index (κ1) is 22.7. The second-order valence-corrected chi connectivity index (χ2v) is 12.7. The smallest absolute Gasteiger partial charge is 0.198 e. The Kier molecular flexibility index (Phi) is 4.03. The number of H-pyrrole nitrogens is 1. The minimum absolute atomic E-state index is 0.0715. The standard InChI is InChI=1S/C38H27BN2O/c1-20-18-26(21-12-8-13-24-31-22-10-4-6-15-27(22)38(2,3)37(31)40-33(21)24)32-29(19-20)41-34-25(14-9-16-28(34)39-32)36-35(41)23-11-5-7-17-30(23)42-36/h4-19,39-40H,1-3H3. The summed E-state index contributed by atoms with van der Waals surface area (Å²) < 4.78 is 8.99. The van der Waals surface area contributed by atoms with E-state index < -0.39 is 0 Å². The zero-order valence-electron chi connectivity index (χ0n) is 23.8. The molecule has 1 aliphatic heterocycles. The van der Waals surface area contributed by atoms with Crippen molar-refractivity contribution in [2.24, 2.45) is 0 Å². The van der Waals surface area contributed by atoms with Gasteiger partial charge in [0.2, 0.25) is 0 Å². The summed E-state index contributed by atoms with van der Waals surface area (Å²) >= 11 is 0. The number of hydrogen-bond donors (Lipinski definition) is 1. The predicted molar refractivity (Wildman–Crippen MR) is 177 cm³/mol. The molecule has 0 unspecified atom stereocenters. The Bertz CT molecular complexity index is 2490.